The van der Waals surface area contributed by atoms with E-state index in [1.54, 1.807) is 42.3 Å². The molecular weight excluding hydrogens is 436 g/mol. The standard InChI is InChI=1S/C23H24N8O3/c1-14(19-8-11-25-31(19)3)26-22-24-10-7-17(28-22)15-5-4-6-16(27-15)18-13-20(34-29-18)23(33)9-12-30(2)21(23)32/h4-8,10-11,13-14,33H,9,12H2,1-3H3,(H,24,26,28)/t14-,23?/m0/s1. The highest BCUT2D eigenvalue weighted by Crippen LogP contribution is 2.34. The number of rotatable bonds is 6. The highest BCUT2D eigenvalue weighted by atomic mass is 16.5. The number of aliphatic hydroxyl groups is 1. The van der Waals surface area contributed by atoms with Gasteiger partial charge in [-0.25, -0.2) is 15.0 Å². The molecule has 0 spiro atoms. The molecule has 0 radical (unpaired) electrons. The summed E-state index contributed by atoms with van der Waals surface area (Å²) >= 11 is 0. The van der Waals surface area contributed by atoms with Crippen molar-refractivity contribution in [1.29, 1.82) is 0 Å². The minimum atomic E-state index is -1.70. The van der Waals surface area contributed by atoms with Gasteiger partial charge in [0.2, 0.25) is 11.5 Å². The molecule has 4 aromatic rings. The lowest BCUT2D eigenvalue weighted by Gasteiger charge is -2.16. The average Bonchev–Trinajstić information content (AvgIpc) is 3.57. The molecule has 1 saturated heterocycles. The summed E-state index contributed by atoms with van der Waals surface area (Å²) < 4.78 is 7.15. The molecule has 0 bridgehead atoms. The molecule has 1 aliphatic heterocycles. The van der Waals surface area contributed by atoms with Crippen LogP contribution >= 0.6 is 0 Å². The van der Waals surface area contributed by atoms with Crippen LogP contribution in [0.15, 0.2) is 53.3 Å². The van der Waals surface area contributed by atoms with Gasteiger partial charge in [0.25, 0.3) is 5.91 Å². The highest BCUT2D eigenvalue weighted by Gasteiger charge is 2.48. The molecule has 34 heavy (non-hydrogen) atoms. The number of amides is 1. The second-order valence-corrected chi connectivity index (χ2v) is 8.33. The summed E-state index contributed by atoms with van der Waals surface area (Å²) in [5, 5.41) is 22.3. The van der Waals surface area contributed by atoms with Gasteiger partial charge in [-0.15, -0.1) is 0 Å². The molecule has 11 heteroatoms. The summed E-state index contributed by atoms with van der Waals surface area (Å²) in [5.74, 6) is 0.174. The number of nitrogens with one attached hydrogen (secondary N) is 1. The van der Waals surface area contributed by atoms with Crippen LogP contribution in [0.3, 0.4) is 0 Å². The number of aromatic nitrogens is 6. The van der Waals surface area contributed by atoms with Crippen molar-refractivity contribution in [2.45, 2.75) is 25.0 Å². The Morgan fingerprint density at radius 1 is 1.09 bits per heavy atom. The Morgan fingerprint density at radius 2 is 1.85 bits per heavy atom. The number of hydrogen-bond donors (Lipinski definition) is 2. The van der Waals surface area contributed by atoms with Gasteiger partial charge < -0.3 is 19.8 Å². The van der Waals surface area contributed by atoms with E-state index >= 15 is 0 Å². The fourth-order valence-electron chi connectivity index (χ4n) is 4.04. The zero-order valence-electron chi connectivity index (χ0n) is 19.0. The first kappa shape index (κ1) is 21.7. The first-order valence-corrected chi connectivity index (χ1v) is 10.9. The molecule has 5 heterocycles. The molecular formula is C23H24N8O3. The van der Waals surface area contributed by atoms with Crippen LogP contribution in [0, 0.1) is 0 Å². The zero-order valence-corrected chi connectivity index (χ0v) is 19.0. The van der Waals surface area contributed by atoms with Crippen molar-refractivity contribution < 1.29 is 14.4 Å². The van der Waals surface area contributed by atoms with E-state index in [1.807, 2.05) is 32.2 Å². The lowest BCUT2D eigenvalue weighted by atomic mass is 9.98. The molecule has 1 fully saturated rings. The van der Waals surface area contributed by atoms with Gasteiger partial charge in [-0.05, 0) is 31.2 Å². The molecule has 1 amide bonds. The maximum atomic E-state index is 12.4. The summed E-state index contributed by atoms with van der Waals surface area (Å²) in [6, 6.07) is 10.7. The van der Waals surface area contributed by atoms with Crippen LogP contribution in [0.4, 0.5) is 5.95 Å². The normalized spacial score (nSPS) is 18.9. The van der Waals surface area contributed by atoms with Crippen LogP contribution in [0.2, 0.25) is 0 Å². The van der Waals surface area contributed by atoms with Gasteiger partial charge in [0.1, 0.15) is 5.69 Å². The molecule has 1 aliphatic rings. The van der Waals surface area contributed by atoms with Crippen molar-refractivity contribution in [3.8, 4) is 22.8 Å². The first-order chi connectivity index (χ1) is 16.3. The lowest BCUT2D eigenvalue weighted by molar-refractivity contribution is -0.144. The predicted molar refractivity (Wildman–Crippen MR) is 122 cm³/mol. The lowest BCUT2D eigenvalue weighted by Crippen LogP contribution is -2.35. The second-order valence-electron chi connectivity index (χ2n) is 8.33. The first-order valence-electron chi connectivity index (χ1n) is 10.9. The number of hydrogen-bond acceptors (Lipinski definition) is 9. The molecule has 0 saturated carbocycles. The number of aryl methyl sites for hydroxylation is 1. The van der Waals surface area contributed by atoms with E-state index in [1.165, 1.54) is 4.90 Å². The molecule has 1 unspecified atom stereocenters. The van der Waals surface area contributed by atoms with Gasteiger partial charge >= 0.3 is 0 Å². The van der Waals surface area contributed by atoms with E-state index in [0.29, 0.717) is 35.3 Å². The van der Waals surface area contributed by atoms with Crippen LogP contribution in [0.5, 0.6) is 0 Å². The Balaban J connectivity index is 1.39. The zero-order chi connectivity index (χ0) is 23.9. The Labute approximate surface area is 195 Å². The smallest absolute Gasteiger partial charge is 0.262 e. The maximum Gasteiger partial charge on any atom is 0.262 e. The number of likely N-dealkylation sites (N-methyl/N-ethyl adjacent to an activating group) is 1. The monoisotopic (exact) mass is 460 g/mol. The average molecular weight is 460 g/mol. The minimum absolute atomic E-state index is 0.0428. The summed E-state index contributed by atoms with van der Waals surface area (Å²) in [6.45, 7) is 2.46. The molecule has 0 aliphatic carbocycles. The van der Waals surface area contributed by atoms with Gasteiger partial charge in [0, 0.05) is 45.5 Å². The number of likely N-dealkylation sites (tertiary alicyclic amines) is 1. The van der Waals surface area contributed by atoms with E-state index < -0.39 is 11.5 Å². The third-order valence-corrected chi connectivity index (χ3v) is 6.00. The van der Waals surface area contributed by atoms with Crippen molar-refractivity contribution in [3.63, 3.8) is 0 Å². The summed E-state index contributed by atoms with van der Waals surface area (Å²) in [5.41, 5.74) is 1.51. The van der Waals surface area contributed by atoms with Gasteiger partial charge in [-0.3, -0.25) is 9.48 Å². The van der Waals surface area contributed by atoms with E-state index in [-0.39, 0.29) is 18.2 Å². The van der Waals surface area contributed by atoms with E-state index in [2.05, 4.69) is 30.5 Å². The molecule has 174 valence electrons. The van der Waals surface area contributed by atoms with Crippen LogP contribution in [-0.2, 0) is 17.4 Å². The third kappa shape index (κ3) is 3.79. The number of carbonyl (C=O) groups excluding carboxylic acids is 1. The molecule has 2 N–H and O–H groups in total. The Kier molecular flexibility index (Phi) is 5.33. The molecule has 11 nitrogen and oxygen atoms in total. The molecule has 0 aromatic carbocycles. The van der Waals surface area contributed by atoms with Crippen molar-refractivity contribution >= 4 is 11.9 Å². The fraction of sp³-hybridized carbons (Fsp3) is 0.304. The largest absolute Gasteiger partial charge is 0.373 e. The quantitative estimate of drug-likeness (QED) is 0.444. The van der Waals surface area contributed by atoms with Crippen molar-refractivity contribution in [2.75, 3.05) is 18.9 Å². The Bertz CT molecular complexity index is 1350. The maximum absolute atomic E-state index is 12.4. The highest BCUT2D eigenvalue weighted by molar-refractivity contribution is 5.87. The number of carbonyl (C=O) groups is 1. The third-order valence-electron chi connectivity index (χ3n) is 6.00. The van der Waals surface area contributed by atoms with Gasteiger partial charge in [-0.2, -0.15) is 5.10 Å². The van der Waals surface area contributed by atoms with Crippen molar-refractivity contribution in [1.82, 2.24) is 34.8 Å². The van der Waals surface area contributed by atoms with Gasteiger partial charge in [0.05, 0.1) is 28.8 Å². The molecule has 2 atom stereocenters. The number of nitrogens with zero attached hydrogens (tertiary/aromatic N) is 7. The summed E-state index contributed by atoms with van der Waals surface area (Å²) in [4.78, 5) is 27.4. The SMILES string of the molecule is C[C@H](Nc1nccc(-c2cccc(-c3cc(C4(O)CCN(C)C4=O)on3)n2)n1)c1ccnn1C. The topological polar surface area (TPSA) is 135 Å². The van der Waals surface area contributed by atoms with E-state index in [0.717, 1.165) is 5.69 Å². The minimum Gasteiger partial charge on any atom is -0.373 e. The van der Waals surface area contributed by atoms with Crippen molar-refractivity contribution in [2.24, 2.45) is 7.05 Å². The van der Waals surface area contributed by atoms with Crippen LogP contribution in [-0.4, -0.2) is 59.4 Å². The van der Waals surface area contributed by atoms with Gasteiger partial charge in [0.15, 0.2) is 5.76 Å². The van der Waals surface area contributed by atoms with Gasteiger partial charge in [-0.1, -0.05) is 11.2 Å². The second kappa shape index (κ2) is 8.34. The van der Waals surface area contributed by atoms with Crippen molar-refractivity contribution in [3.05, 3.63) is 60.2 Å². The molecule has 5 rings (SSSR count). The molecule has 4 aromatic heterocycles. The Morgan fingerprint density at radius 3 is 2.56 bits per heavy atom. The summed E-state index contributed by atoms with van der Waals surface area (Å²) in [7, 11) is 3.53. The number of pyridine rings is 1. The predicted octanol–water partition coefficient (Wildman–Crippen LogP) is 2.15. The van der Waals surface area contributed by atoms with Crippen LogP contribution < -0.4 is 5.32 Å². The van der Waals surface area contributed by atoms with Crippen LogP contribution in [0.1, 0.15) is 30.8 Å². The fourth-order valence-corrected chi connectivity index (χ4v) is 4.04. The Hall–Kier alpha value is -4.12. The summed E-state index contributed by atoms with van der Waals surface area (Å²) in [6.07, 6.45) is 3.66. The van der Waals surface area contributed by atoms with Crippen LogP contribution in [0.25, 0.3) is 22.8 Å². The number of anilines is 1. The van der Waals surface area contributed by atoms with E-state index in [9.17, 15) is 9.90 Å². The van der Waals surface area contributed by atoms with E-state index in [4.69, 9.17) is 4.52 Å².